The van der Waals surface area contributed by atoms with Gasteiger partial charge in [-0.05, 0) is 30.3 Å². The van der Waals surface area contributed by atoms with Gasteiger partial charge in [-0.3, -0.25) is 25.8 Å². The highest BCUT2D eigenvalue weighted by Crippen LogP contribution is 2.34. The number of benzene rings is 2. The van der Waals surface area contributed by atoms with Crippen molar-refractivity contribution >= 4 is 27.3 Å². The van der Waals surface area contributed by atoms with E-state index in [1.807, 2.05) is 0 Å². The molecule has 0 bridgehead atoms. The number of nitrogens with zero attached hydrogens (tertiary/aromatic N) is 1. The molecule has 13 heteroatoms. The van der Waals surface area contributed by atoms with Crippen molar-refractivity contribution in [2.45, 2.75) is 11.1 Å². The highest BCUT2D eigenvalue weighted by Gasteiger charge is 2.33. The summed E-state index contributed by atoms with van der Waals surface area (Å²) in [5.41, 5.74) is 1.62. The molecule has 2 rings (SSSR count). The summed E-state index contributed by atoms with van der Waals surface area (Å²) >= 11 is 0. The molecule has 160 valence electrons. The van der Waals surface area contributed by atoms with E-state index in [0.717, 1.165) is 12.1 Å². The Kier molecular flexibility index (Phi) is 6.79. The summed E-state index contributed by atoms with van der Waals surface area (Å²) in [5, 5.41) is 11.1. The van der Waals surface area contributed by atoms with Gasteiger partial charge in [-0.1, -0.05) is 12.1 Å². The van der Waals surface area contributed by atoms with Crippen LogP contribution in [-0.2, 0) is 16.2 Å². The van der Waals surface area contributed by atoms with Crippen molar-refractivity contribution in [2.75, 3.05) is 12.0 Å². The molecular weight excluding hydrogens is 429 g/mol. The Balaban J connectivity index is 2.21. The molecule has 0 spiro atoms. The van der Waals surface area contributed by atoms with Gasteiger partial charge in [-0.25, -0.2) is 13.1 Å². The number of anilines is 1. The van der Waals surface area contributed by atoms with Gasteiger partial charge in [0.2, 0.25) is 10.0 Å². The number of rotatable bonds is 8. The van der Waals surface area contributed by atoms with Crippen LogP contribution in [0.15, 0.2) is 60.0 Å². The number of sulfonamides is 1. The first-order valence-electron chi connectivity index (χ1n) is 8.08. The van der Waals surface area contributed by atoms with Crippen LogP contribution in [0.5, 0.6) is 0 Å². The molecular formula is C17H15F3N4O5S. The molecule has 0 unspecified atom stereocenters. The van der Waals surface area contributed by atoms with Crippen molar-refractivity contribution in [1.29, 1.82) is 0 Å². The molecule has 3 N–H and O–H groups in total. The lowest BCUT2D eigenvalue weighted by molar-refractivity contribution is -0.384. The molecule has 0 aliphatic carbocycles. The second kappa shape index (κ2) is 8.92. The maximum atomic E-state index is 12.7. The first kappa shape index (κ1) is 22.8. The number of nitro groups is 1. The van der Waals surface area contributed by atoms with Gasteiger partial charge >= 0.3 is 6.18 Å². The lowest BCUT2D eigenvalue weighted by Gasteiger charge is -2.12. The highest BCUT2D eigenvalue weighted by atomic mass is 32.2. The minimum Gasteiger partial charge on any atom is -0.292 e. The van der Waals surface area contributed by atoms with E-state index in [2.05, 4.69) is 22.2 Å². The maximum Gasteiger partial charge on any atom is 0.416 e. The molecule has 0 fully saturated rings. The molecule has 2 aromatic rings. The van der Waals surface area contributed by atoms with Crippen molar-refractivity contribution in [2.24, 2.45) is 0 Å². The van der Waals surface area contributed by atoms with Gasteiger partial charge in [0, 0.05) is 18.2 Å². The maximum absolute atomic E-state index is 12.7. The number of carbonyl (C=O) groups is 1. The van der Waals surface area contributed by atoms with Crippen LogP contribution in [-0.4, -0.2) is 25.8 Å². The summed E-state index contributed by atoms with van der Waals surface area (Å²) in [4.78, 5) is 22.1. The quantitative estimate of drug-likeness (QED) is 0.326. The standard InChI is InChI=1S/C17H15F3N4O5S/c1-2-8-21-30(28,29)13-5-3-4-11(9-13)16(25)23-22-14-7-6-12(17(18,19)20)10-15(14)24(26)27/h2-7,9-10,21-22H,1,8H2,(H,23,25). The van der Waals surface area contributed by atoms with Crippen LogP contribution in [0.2, 0.25) is 0 Å². The Hall–Kier alpha value is -3.45. The summed E-state index contributed by atoms with van der Waals surface area (Å²) in [6.07, 6.45) is -3.45. The van der Waals surface area contributed by atoms with Crippen molar-refractivity contribution in [3.63, 3.8) is 0 Å². The van der Waals surface area contributed by atoms with Gasteiger partial charge in [0.05, 0.1) is 15.4 Å². The Labute approximate surface area is 168 Å². The highest BCUT2D eigenvalue weighted by molar-refractivity contribution is 7.89. The molecule has 30 heavy (non-hydrogen) atoms. The van der Waals surface area contributed by atoms with Crippen molar-refractivity contribution < 1.29 is 31.3 Å². The van der Waals surface area contributed by atoms with Crippen LogP contribution >= 0.6 is 0 Å². The van der Waals surface area contributed by atoms with Crippen molar-refractivity contribution in [3.05, 3.63) is 76.4 Å². The minimum absolute atomic E-state index is 0.0299. The molecule has 2 aromatic carbocycles. The van der Waals surface area contributed by atoms with E-state index in [4.69, 9.17) is 0 Å². The largest absolute Gasteiger partial charge is 0.416 e. The van der Waals surface area contributed by atoms with Gasteiger partial charge < -0.3 is 0 Å². The predicted octanol–water partition coefficient (Wildman–Crippen LogP) is 2.83. The third kappa shape index (κ3) is 5.55. The van der Waals surface area contributed by atoms with Gasteiger partial charge in [-0.2, -0.15) is 13.2 Å². The van der Waals surface area contributed by atoms with Crippen LogP contribution in [0, 0.1) is 10.1 Å². The number of halogens is 3. The van der Waals surface area contributed by atoms with E-state index in [-0.39, 0.29) is 17.0 Å². The second-order valence-corrected chi connectivity index (χ2v) is 7.50. The fraction of sp³-hybridized carbons (Fsp3) is 0.118. The number of hydrazine groups is 1. The monoisotopic (exact) mass is 444 g/mol. The number of alkyl halides is 3. The molecule has 0 heterocycles. The summed E-state index contributed by atoms with van der Waals surface area (Å²) < 4.78 is 64.6. The Morgan fingerprint density at radius 2 is 1.90 bits per heavy atom. The zero-order valence-electron chi connectivity index (χ0n) is 15.1. The van der Waals surface area contributed by atoms with E-state index >= 15 is 0 Å². The Bertz CT molecular complexity index is 1090. The number of amides is 1. The summed E-state index contributed by atoms with van der Waals surface area (Å²) in [5.74, 6) is -0.870. The summed E-state index contributed by atoms with van der Waals surface area (Å²) in [6.45, 7) is 3.36. The average Bonchev–Trinajstić information content (AvgIpc) is 2.69. The molecule has 0 saturated heterocycles. The van der Waals surface area contributed by atoms with Crippen LogP contribution in [0.25, 0.3) is 0 Å². The SMILES string of the molecule is C=CCNS(=O)(=O)c1cccc(C(=O)NNc2ccc(C(F)(F)F)cc2[N+](=O)[O-])c1. The minimum atomic E-state index is -4.78. The summed E-state index contributed by atoms with van der Waals surface area (Å²) in [6, 6.07) is 6.62. The summed E-state index contributed by atoms with van der Waals surface area (Å²) in [7, 11) is -3.90. The van der Waals surface area contributed by atoms with E-state index < -0.39 is 44.0 Å². The Morgan fingerprint density at radius 3 is 2.50 bits per heavy atom. The second-order valence-electron chi connectivity index (χ2n) is 5.73. The molecule has 0 saturated carbocycles. The number of nitro benzene ring substituents is 1. The van der Waals surface area contributed by atoms with Gasteiger partial charge in [0.15, 0.2) is 0 Å². The molecule has 0 radical (unpaired) electrons. The number of nitrogens with one attached hydrogen (secondary N) is 3. The van der Waals surface area contributed by atoms with Gasteiger partial charge in [0.1, 0.15) is 5.69 Å². The van der Waals surface area contributed by atoms with E-state index in [0.29, 0.717) is 12.1 Å². The smallest absolute Gasteiger partial charge is 0.292 e. The predicted molar refractivity (Wildman–Crippen MR) is 101 cm³/mol. The molecule has 0 aromatic heterocycles. The molecule has 1 amide bonds. The molecule has 0 atom stereocenters. The van der Waals surface area contributed by atoms with Crippen LogP contribution in [0.3, 0.4) is 0 Å². The first-order valence-corrected chi connectivity index (χ1v) is 9.56. The van der Waals surface area contributed by atoms with Crippen LogP contribution < -0.4 is 15.6 Å². The lowest BCUT2D eigenvalue weighted by Crippen LogP contribution is -2.30. The Morgan fingerprint density at radius 1 is 1.20 bits per heavy atom. The fourth-order valence-electron chi connectivity index (χ4n) is 2.22. The number of carbonyl (C=O) groups excluding carboxylic acids is 1. The van der Waals surface area contributed by atoms with E-state index in [9.17, 15) is 36.5 Å². The van der Waals surface area contributed by atoms with E-state index in [1.165, 1.54) is 24.3 Å². The number of hydrogen-bond acceptors (Lipinski definition) is 6. The number of hydrogen-bond donors (Lipinski definition) is 3. The van der Waals surface area contributed by atoms with Crippen LogP contribution in [0.4, 0.5) is 24.5 Å². The van der Waals surface area contributed by atoms with E-state index in [1.54, 1.807) is 0 Å². The topological polar surface area (TPSA) is 130 Å². The van der Waals surface area contributed by atoms with Gasteiger partial charge in [0.25, 0.3) is 11.6 Å². The average molecular weight is 444 g/mol. The third-order valence-electron chi connectivity index (χ3n) is 3.66. The van der Waals surface area contributed by atoms with Crippen LogP contribution in [0.1, 0.15) is 15.9 Å². The lowest BCUT2D eigenvalue weighted by atomic mass is 10.1. The van der Waals surface area contributed by atoms with Crippen molar-refractivity contribution in [3.8, 4) is 0 Å². The third-order valence-corrected chi connectivity index (χ3v) is 5.08. The molecule has 9 nitrogen and oxygen atoms in total. The molecule has 0 aliphatic heterocycles. The zero-order chi connectivity index (χ0) is 22.5. The normalized spacial score (nSPS) is 11.6. The zero-order valence-corrected chi connectivity index (χ0v) is 15.9. The fourth-order valence-corrected chi connectivity index (χ4v) is 3.26. The molecule has 0 aliphatic rings. The first-order chi connectivity index (χ1) is 14.0. The van der Waals surface area contributed by atoms with Crippen molar-refractivity contribution in [1.82, 2.24) is 10.1 Å². The van der Waals surface area contributed by atoms with Gasteiger partial charge in [-0.15, -0.1) is 6.58 Å².